The van der Waals surface area contributed by atoms with E-state index in [2.05, 4.69) is 59.1 Å². The first-order valence-corrected chi connectivity index (χ1v) is 6.90. The van der Waals surface area contributed by atoms with E-state index in [9.17, 15) is 0 Å². The highest BCUT2D eigenvalue weighted by Gasteiger charge is 2.23. The molecule has 2 heteroatoms. The molecular formula is C14H20BrN. The molecule has 1 nitrogen and oxygen atoms in total. The van der Waals surface area contributed by atoms with Crippen molar-refractivity contribution >= 4 is 15.9 Å². The number of halogens is 1. The summed E-state index contributed by atoms with van der Waals surface area (Å²) in [5.41, 5.74) is 1.48. The molecule has 0 amide bonds. The summed E-state index contributed by atoms with van der Waals surface area (Å²) in [6, 6.07) is 8.77. The minimum absolute atomic E-state index is 0.686. The van der Waals surface area contributed by atoms with Crippen LogP contribution in [0.2, 0.25) is 0 Å². The zero-order valence-corrected chi connectivity index (χ0v) is 11.7. The van der Waals surface area contributed by atoms with Crippen molar-refractivity contribution in [1.29, 1.82) is 0 Å². The average molecular weight is 282 g/mol. The van der Waals surface area contributed by atoms with Gasteiger partial charge in [-0.05, 0) is 62.5 Å². The second-order valence-electron chi connectivity index (χ2n) is 4.98. The Balaban J connectivity index is 2.04. The molecule has 0 N–H and O–H groups in total. The highest BCUT2D eigenvalue weighted by molar-refractivity contribution is 9.10. The van der Waals surface area contributed by atoms with E-state index in [4.69, 9.17) is 0 Å². The van der Waals surface area contributed by atoms with Gasteiger partial charge in [0.05, 0.1) is 0 Å². The fraction of sp³-hybridized carbons (Fsp3) is 0.571. The Labute approximate surface area is 107 Å². The number of likely N-dealkylation sites (tertiary alicyclic amines) is 1. The van der Waals surface area contributed by atoms with Gasteiger partial charge in [-0.3, -0.25) is 0 Å². The van der Waals surface area contributed by atoms with Crippen LogP contribution in [0, 0.1) is 5.92 Å². The van der Waals surface area contributed by atoms with Crippen LogP contribution in [0.15, 0.2) is 28.7 Å². The Kier molecular flexibility index (Phi) is 4.04. The van der Waals surface area contributed by atoms with Gasteiger partial charge in [0.2, 0.25) is 0 Å². The lowest BCUT2D eigenvalue weighted by Gasteiger charge is -2.33. The van der Waals surface area contributed by atoms with Gasteiger partial charge in [-0.2, -0.15) is 0 Å². The maximum atomic E-state index is 3.56. The topological polar surface area (TPSA) is 3.24 Å². The van der Waals surface area contributed by atoms with Gasteiger partial charge in [0.25, 0.3) is 0 Å². The van der Waals surface area contributed by atoms with Crippen LogP contribution in [0.5, 0.6) is 0 Å². The SMILES string of the molecule is CC(c1cccc(Br)c1)C1CCN(C)CC1. The molecule has 0 radical (unpaired) electrons. The second-order valence-corrected chi connectivity index (χ2v) is 5.90. The molecule has 1 aromatic rings. The molecule has 0 aliphatic carbocycles. The van der Waals surface area contributed by atoms with Gasteiger partial charge in [-0.1, -0.05) is 35.0 Å². The molecule has 1 heterocycles. The minimum Gasteiger partial charge on any atom is -0.306 e. The first-order chi connectivity index (χ1) is 7.66. The highest BCUT2D eigenvalue weighted by atomic mass is 79.9. The molecule has 1 aliphatic rings. The van der Waals surface area contributed by atoms with Gasteiger partial charge in [0.1, 0.15) is 0 Å². The number of benzene rings is 1. The lowest BCUT2D eigenvalue weighted by molar-refractivity contribution is 0.202. The van der Waals surface area contributed by atoms with E-state index in [0.717, 1.165) is 5.92 Å². The summed E-state index contributed by atoms with van der Waals surface area (Å²) >= 11 is 3.56. The van der Waals surface area contributed by atoms with E-state index < -0.39 is 0 Å². The number of rotatable bonds is 2. The molecule has 0 aromatic heterocycles. The Hall–Kier alpha value is -0.340. The van der Waals surface area contributed by atoms with E-state index in [0.29, 0.717) is 5.92 Å². The van der Waals surface area contributed by atoms with E-state index in [1.807, 2.05) is 0 Å². The molecule has 1 aliphatic heterocycles. The Morgan fingerprint density at radius 2 is 2.00 bits per heavy atom. The fourth-order valence-electron chi connectivity index (χ4n) is 2.59. The van der Waals surface area contributed by atoms with Gasteiger partial charge >= 0.3 is 0 Å². The minimum atomic E-state index is 0.686. The van der Waals surface area contributed by atoms with Crippen LogP contribution in [-0.4, -0.2) is 25.0 Å². The largest absolute Gasteiger partial charge is 0.306 e. The van der Waals surface area contributed by atoms with Crippen LogP contribution < -0.4 is 0 Å². The molecule has 88 valence electrons. The molecule has 1 atom stereocenters. The van der Waals surface area contributed by atoms with Crippen molar-refractivity contribution in [3.63, 3.8) is 0 Å². The van der Waals surface area contributed by atoms with Crippen LogP contribution in [0.4, 0.5) is 0 Å². The molecule has 1 aromatic carbocycles. The lowest BCUT2D eigenvalue weighted by atomic mass is 9.81. The van der Waals surface area contributed by atoms with Gasteiger partial charge < -0.3 is 4.90 Å². The lowest BCUT2D eigenvalue weighted by Crippen LogP contribution is -2.32. The van der Waals surface area contributed by atoms with Crippen molar-refractivity contribution in [1.82, 2.24) is 4.90 Å². The van der Waals surface area contributed by atoms with Crippen LogP contribution in [0.3, 0.4) is 0 Å². The molecule has 16 heavy (non-hydrogen) atoms. The van der Waals surface area contributed by atoms with Crippen molar-refractivity contribution in [2.45, 2.75) is 25.7 Å². The first kappa shape index (κ1) is 12.1. The summed E-state index contributed by atoms with van der Waals surface area (Å²) in [6.45, 7) is 4.88. The first-order valence-electron chi connectivity index (χ1n) is 6.11. The summed E-state index contributed by atoms with van der Waals surface area (Å²) in [4.78, 5) is 2.43. The molecule has 0 saturated carbocycles. The van der Waals surface area contributed by atoms with E-state index in [1.165, 1.54) is 36.0 Å². The third-order valence-corrected chi connectivity index (χ3v) is 4.34. The quantitative estimate of drug-likeness (QED) is 0.795. The predicted octanol–water partition coefficient (Wildman–Crippen LogP) is 3.89. The summed E-state index contributed by atoms with van der Waals surface area (Å²) in [5.74, 6) is 1.54. The number of hydrogen-bond acceptors (Lipinski definition) is 1. The van der Waals surface area contributed by atoms with E-state index in [1.54, 1.807) is 0 Å². The molecule has 2 rings (SSSR count). The highest BCUT2D eigenvalue weighted by Crippen LogP contribution is 2.32. The Morgan fingerprint density at radius 3 is 2.62 bits per heavy atom. The number of hydrogen-bond donors (Lipinski definition) is 0. The standard InChI is InChI=1S/C14H20BrN/c1-11(12-6-8-16(2)9-7-12)13-4-3-5-14(15)10-13/h3-5,10-12H,6-9H2,1-2H3. The molecule has 1 fully saturated rings. The zero-order valence-electron chi connectivity index (χ0n) is 10.1. The van der Waals surface area contributed by atoms with Crippen molar-refractivity contribution in [2.75, 3.05) is 20.1 Å². The van der Waals surface area contributed by atoms with Crippen LogP contribution in [0.1, 0.15) is 31.2 Å². The predicted molar refractivity (Wildman–Crippen MR) is 72.8 cm³/mol. The van der Waals surface area contributed by atoms with Gasteiger partial charge in [-0.15, -0.1) is 0 Å². The van der Waals surface area contributed by atoms with Crippen molar-refractivity contribution in [3.8, 4) is 0 Å². The summed E-state index contributed by atoms with van der Waals surface area (Å²) in [6.07, 6.45) is 2.67. The number of piperidine rings is 1. The Bertz CT molecular complexity index is 342. The van der Waals surface area contributed by atoms with Crippen LogP contribution in [0.25, 0.3) is 0 Å². The maximum Gasteiger partial charge on any atom is 0.0178 e. The van der Waals surface area contributed by atoms with Crippen molar-refractivity contribution in [2.24, 2.45) is 5.92 Å². The molecule has 0 spiro atoms. The monoisotopic (exact) mass is 281 g/mol. The fourth-order valence-corrected chi connectivity index (χ4v) is 3.01. The van der Waals surface area contributed by atoms with Gasteiger partial charge in [0.15, 0.2) is 0 Å². The van der Waals surface area contributed by atoms with Crippen LogP contribution >= 0.6 is 15.9 Å². The summed E-state index contributed by atoms with van der Waals surface area (Å²) in [5, 5.41) is 0. The maximum absolute atomic E-state index is 3.56. The molecule has 0 bridgehead atoms. The third-order valence-electron chi connectivity index (χ3n) is 3.84. The molecule has 1 saturated heterocycles. The number of nitrogens with zero attached hydrogens (tertiary/aromatic N) is 1. The van der Waals surface area contributed by atoms with Crippen molar-refractivity contribution in [3.05, 3.63) is 34.3 Å². The van der Waals surface area contributed by atoms with Crippen molar-refractivity contribution < 1.29 is 0 Å². The molecule has 1 unspecified atom stereocenters. The van der Waals surface area contributed by atoms with Crippen LogP contribution in [-0.2, 0) is 0 Å². The Morgan fingerprint density at radius 1 is 1.31 bits per heavy atom. The third kappa shape index (κ3) is 2.86. The van der Waals surface area contributed by atoms with Gasteiger partial charge in [-0.25, -0.2) is 0 Å². The zero-order chi connectivity index (χ0) is 11.5. The second kappa shape index (κ2) is 5.33. The summed E-state index contributed by atoms with van der Waals surface area (Å²) < 4.78 is 1.20. The van der Waals surface area contributed by atoms with E-state index >= 15 is 0 Å². The van der Waals surface area contributed by atoms with E-state index in [-0.39, 0.29) is 0 Å². The summed E-state index contributed by atoms with van der Waals surface area (Å²) in [7, 11) is 2.22. The average Bonchev–Trinajstić information content (AvgIpc) is 2.29. The molecular weight excluding hydrogens is 262 g/mol. The van der Waals surface area contributed by atoms with Gasteiger partial charge in [0, 0.05) is 4.47 Å². The smallest absolute Gasteiger partial charge is 0.0178 e. The normalized spacial score (nSPS) is 20.9.